The number of nitrogens with one attached hydrogen (secondary N) is 1. The summed E-state index contributed by atoms with van der Waals surface area (Å²) in [6.07, 6.45) is 0. The minimum atomic E-state index is -0.939. The lowest BCUT2D eigenvalue weighted by molar-refractivity contribution is 0.0696. The molecule has 0 aliphatic carbocycles. The molecule has 19 heavy (non-hydrogen) atoms. The molecule has 3 nitrogen and oxygen atoms in total. The lowest BCUT2D eigenvalue weighted by Gasteiger charge is -2.08. The first-order valence-corrected chi connectivity index (χ1v) is 7.16. The molecule has 98 valence electrons. The molecule has 0 aliphatic rings. The largest absolute Gasteiger partial charge is 0.478 e. The van der Waals surface area contributed by atoms with Crippen molar-refractivity contribution in [3.63, 3.8) is 0 Å². The van der Waals surface area contributed by atoms with Crippen molar-refractivity contribution >= 4 is 43.5 Å². The van der Waals surface area contributed by atoms with Crippen LogP contribution >= 0.6 is 31.9 Å². The average molecular weight is 385 g/mol. The molecule has 2 aromatic carbocycles. The smallest absolute Gasteiger partial charge is 0.336 e. The molecule has 0 aromatic heterocycles. The summed E-state index contributed by atoms with van der Waals surface area (Å²) in [7, 11) is 0. The quantitative estimate of drug-likeness (QED) is 0.814. The monoisotopic (exact) mass is 383 g/mol. The van der Waals surface area contributed by atoms with Crippen LogP contribution in [0.5, 0.6) is 0 Å². The highest BCUT2D eigenvalue weighted by molar-refractivity contribution is 9.10. The Labute approximate surface area is 127 Å². The van der Waals surface area contributed by atoms with Crippen molar-refractivity contribution in [2.24, 2.45) is 0 Å². The summed E-state index contributed by atoms with van der Waals surface area (Å²) in [6, 6.07) is 13.1. The second-order valence-corrected chi connectivity index (χ2v) is 5.75. The van der Waals surface area contributed by atoms with E-state index in [1.165, 1.54) is 0 Å². The zero-order valence-electron chi connectivity index (χ0n) is 9.86. The van der Waals surface area contributed by atoms with Crippen LogP contribution in [0.3, 0.4) is 0 Å². The Morgan fingerprint density at radius 2 is 1.95 bits per heavy atom. The van der Waals surface area contributed by atoms with Crippen LogP contribution in [0, 0.1) is 0 Å². The van der Waals surface area contributed by atoms with Gasteiger partial charge in [0.05, 0.1) is 5.56 Å². The topological polar surface area (TPSA) is 49.3 Å². The average Bonchev–Trinajstić information content (AvgIpc) is 2.36. The van der Waals surface area contributed by atoms with Gasteiger partial charge in [0.25, 0.3) is 0 Å². The van der Waals surface area contributed by atoms with E-state index in [4.69, 9.17) is 5.11 Å². The van der Waals surface area contributed by atoms with Gasteiger partial charge >= 0.3 is 5.97 Å². The van der Waals surface area contributed by atoms with Crippen LogP contribution in [-0.2, 0) is 6.54 Å². The van der Waals surface area contributed by atoms with Crippen molar-refractivity contribution < 1.29 is 9.90 Å². The third kappa shape index (κ3) is 3.81. The molecule has 0 radical (unpaired) electrons. The van der Waals surface area contributed by atoms with E-state index in [9.17, 15) is 4.79 Å². The van der Waals surface area contributed by atoms with Gasteiger partial charge in [-0.15, -0.1) is 0 Å². The number of benzene rings is 2. The van der Waals surface area contributed by atoms with E-state index in [0.29, 0.717) is 11.0 Å². The van der Waals surface area contributed by atoms with Crippen molar-refractivity contribution in [1.29, 1.82) is 0 Å². The number of halogens is 2. The SMILES string of the molecule is O=C(O)c1ccc(NCc2cccc(Br)c2)cc1Br. The first-order chi connectivity index (χ1) is 9.06. The number of carbonyl (C=O) groups is 1. The van der Waals surface area contributed by atoms with E-state index >= 15 is 0 Å². The number of hydrogen-bond acceptors (Lipinski definition) is 2. The molecule has 2 N–H and O–H groups in total. The molecule has 0 heterocycles. The van der Waals surface area contributed by atoms with Gasteiger partial charge in [0.1, 0.15) is 0 Å². The fraction of sp³-hybridized carbons (Fsp3) is 0.0714. The van der Waals surface area contributed by atoms with Crippen molar-refractivity contribution in [3.8, 4) is 0 Å². The van der Waals surface area contributed by atoms with E-state index in [2.05, 4.69) is 37.2 Å². The molecule has 5 heteroatoms. The number of aromatic carboxylic acids is 1. The first-order valence-electron chi connectivity index (χ1n) is 5.57. The van der Waals surface area contributed by atoms with Gasteiger partial charge in [0.15, 0.2) is 0 Å². The molecule has 0 spiro atoms. The molecule has 2 aromatic rings. The van der Waals surface area contributed by atoms with Crippen molar-refractivity contribution in [2.75, 3.05) is 5.32 Å². The molecule has 0 bridgehead atoms. The molecule has 0 fully saturated rings. The molecule has 2 rings (SSSR count). The van der Waals surface area contributed by atoms with Gasteiger partial charge in [-0.05, 0) is 51.8 Å². The Kier molecular flexibility index (Phi) is 4.61. The van der Waals surface area contributed by atoms with Crippen molar-refractivity contribution in [3.05, 3.63) is 62.5 Å². The maximum atomic E-state index is 10.9. The van der Waals surface area contributed by atoms with E-state index in [-0.39, 0.29) is 5.56 Å². The Balaban J connectivity index is 2.08. The van der Waals surface area contributed by atoms with Gasteiger partial charge in [-0.2, -0.15) is 0 Å². The Morgan fingerprint density at radius 1 is 1.16 bits per heavy atom. The van der Waals surface area contributed by atoms with Crippen LogP contribution in [-0.4, -0.2) is 11.1 Å². The van der Waals surface area contributed by atoms with Crippen molar-refractivity contribution in [2.45, 2.75) is 6.54 Å². The van der Waals surface area contributed by atoms with Gasteiger partial charge in [0, 0.05) is 21.2 Å². The number of hydrogen-bond donors (Lipinski definition) is 2. The Hall–Kier alpha value is -1.33. The van der Waals surface area contributed by atoms with E-state index in [1.54, 1.807) is 18.2 Å². The van der Waals surface area contributed by atoms with Gasteiger partial charge in [-0.1, -0.05) is 28.1 Å². The van der Waals surface area contributed by atoms with Crippen LogP contribution in [0.25, 0.3) is 0 Å². The van der Waals surface area contributed by atoms with E-state index in [0.717, 1.165) is 15.7 Å². The fourth-order valence-electron chi connectivity index (χ4n) is 1.65. The zero-order chi connectivity index (χ0) is 13.8. The Morgan fingerprint density at radius 3 is 2.58 bits per heavy atom. The van der Waals surface area contributed by atoms with Crippen LogP contribution in [0.15, 0.2) is 51.4 Å². The fourth-order valence-corrected chi connectivity index (χ4v) is 2.64. The van der Waals surface area contributed by atoms with Crippen molar-refractivity contribution in [1.82, 2.24) is 0 Å². The van der Waals surface area contributed by atoms with Gasteiger partial charge in [0.2, 0.25) is 0 Å². The lowest BCUT2D eigenvalue weighted by atomic mass is 10.2. The lowest BCUT2D eigenvalue weighted by Crippen LogP contribution is -2.02. The molecule has 0 unspecified atom stereocenters. The highest BCUT2D eigenvalue weighted by Crippen LogP contribution is 2.22. The summed E-state index contributed by atoms with van der Waals surface area (Å²) in [4.78, 5) is 10.9. The first kappa shape index (κ1) is 14.1. The number of anilines is 1. The molecular weight excluding hydrogens is 374 g/mol. The van der Waals surface area contributed by atoms with Gasteiger partial charge < -0.3 is 10.4 Å². The van der Waals surface area contributed by atoms with Crippen LogP contribution in [0.4, 0.5) is 5.69 Å². The maximum absolute atomic E-state index is 10.9. The third-order valence-electron chi connectivity index (χ3n) is 2.59. The maximum Gasteiger partial charge on any atom is 0.336 e. The predicted octanol–water partition coefficient (Wildman–Crippen LogP) is 4.52. The van der Waals surface area contributed by atoms with E-state index < -0.39 is 5.97 Å². The number of carboxylic acid groups (broad SMARTS) is 1. The normalized spacial score (nSPS) is 10.2. The summed E-state index contributed by atoms with van der Waals surface area (Å²) in [5, 5.41) is 12.2. The van der Waals surface area contributed by atoms with Crippen LogP contribution in [0.1, 0.15) is 15.9 Å². The molecule has 0 aliphatic heterocycles. The third-order valence-corrected chi connectivity index (χ3v) is 3.73. The second-order valence-electron chi connectivity index (χ2n) is 3.98. The van der Waals surface area contributed by atoms with Gasteiger partial charge in [-0.25, -0.2) is 4.79 Å². The van der Waals surface area contributed by atoms with Crippen LogP contribution < -0.4 is 5.32 Å². The number of carboxylic acids is 1. The highest BCUT2D eigenvalue weighted by Gasteiger charge is 2.08. The van der Waals surface area contributed by atoms with Crippen LogP contribution in [0.2, 0.25) is 0 Å². The number of rotatable bonds is 4. The molecule has 0 saturated carbocycles. The molecule has 0 atom stereocenters. The summed E-state index contributed by atoms with van der Waals surface area (Å²) < 4.78 is 1.61. The summed E-state index contributed by atoms with van der Waals surface area (Å²) in [6.45, 7) is 0.679. The standard InChI is InChI=1S/C14H11Br2NO2/c15-10-3-1-2-9(6-10)8-17-11-4-5-12(14(18)19)13(16)7-11/h1-7,17H,8H2,(H,18,19). The summed E-state index contributed by atoms with van der Waals surface area (Å²) >= 11 is 6.68. The zero-order valence-corrected chi connectivity index (χ0v) is 13.0. The summed E-state index contributed by atoms with van der Waals surface area (Å²) in [5.41, 5.74) is 2.28. The van der Waals surface area contributed by atoms with Gasteiger partial charge in [-0.3, -0.25) is 0 Å². The minimum absolute atomic E-state index is 0.257. The predicted molar refractivity (Wildman–Crippen MR) is 82.6 cm³/mol. The second kappa shape index (κ2) is 6.21. The molecule has 0 amide bonds. The Bertz CT molecular complexity index is 614. The minimum Gasteiger partial charge on any atom is -0.478 e. The van der Waals surface area contributed by atoms with E-state index in [1.807, 2.05) is 24.3 Å². The molecular formula is C14H11Br2NO2. The summed E-state index contributed by atoms with van der Waals surface area (Å²) in [5.74, 6) is -0.939. The highest BCUT2D eigenvalue weighted by atomic mass is 79.9. The molecule has 0 saturated heterocycles.